The summed E-state index contributed by atoms with van der Waals surface area (Å²) < 4.78 is 0. The van der Waals surface area contributed by atoms with Gasteiger partial charge in [0.2, 0.25) is 0 Å². The predicted molar refractivity (Wildman–Crippen MR) is 79.5 cm³/mol. The van der Waals surface area contributed by atoms with Gasteiger partial charge < -0.3 is 15.7 Å². The molecule has 0 aromatic heterocycles. The van der Waals surface area contributed by atoms with Crippen molar-refractivity contribution in [2.24, 2.45) is 0 Å². The Morgan fingerprint density at radius 1 is 1.00 bits per heavy atom. The number of carbonyl (C=O) groups excluding carboxylic acids is 1. The zero-order valence-corrected chi connectivity index (χ0v) is 11.3. The van der Waals surface area contributed by atoms with Crippen molar-refractivity contribution in [1.29, 1.82) is 0 Å². The lowest BCUT2D eigenvalue weighted by Gasteiger charge is -2.20. The molecule has 0 spiro atoms. The summed E-state index contributed by atoms with van der Waals surface area (Å²) in [5.41, 5.74) is 1.49. The molecule has 3 N–H and O–H groups in total. The van der Waals surface area contributed by atoms with Gasteiger partial charge in [-0.2, -0.15) is 0 Å². The molecule has 4 nitrogen and oxygen atoms in total. The summed E-state index contributed by atoms with van der Waals surface area (Å²) in [6.07, 6.45) is -0.738. The number of hydrogen-bond acceptors (Lipinski definition) is 2. The van der Waals surface area contributed by atoms with Gasteiger partial charge in [0.05, 0.1) is 12.1 Å². The zero-order chi connectivity index (χ0) is 14.4. The van der Waals surface area contributed by atoms with Crippen LogP contribution in [0.5, 0.6) is 0 Å². The summed E-state index contributed by atoms with van der Waals surface area (Å²) in [5.74, 6) is 0. The topological polar surface area (TPSA) is 61.4 Å². The molecule has 0 aliphatic rings. The number of aliphatic hydroxyl groups excluding tert-OH is 1. The Kier molecular flexibility index (Phi) is 4.74. The van der Waals surface area contributed by atoms with Crippen molar-refractivity contribution in [3.63, 3.8) is 0 Å². The number of aliphatic hydroxyl groups is 1. The van der Waals surface area contributed by atoms with E-state index in [4.69, 9.17) is 0 Å². The minimum Gasteiger partial charge on any atom is -0.386 e. The van der Waals surface area contributed by atoms with Crippen molar-refractivity contribution in [3.05, 3.63) is 66.2 Å². The first-order chi connectivity index (χ1) is 9.66. The van der Waals surface area contributed by atoms with Crippen LogP contribution in [0.2, 0.25) is 0 Å². The Labute approximate surface area is 118 Å². The molecule has 0 aliphatic heterocycles. The van der Waals surface area contributed by atoms with Crippen LogP contribution in [-0.2, 0) is 0 Å². The van der Waals surface area contributed by atoms with Crippen LogP contribution in [0, 0.1) is 0 Å². The van der Waals surface area contributed by atoms with Gasteiger partial charge in [0.15, 0.2) is 0 Å². The highest BCUT2D eigenvalue weighted by atomic mass is 16.3. The average Bonchev–Trinajstić information content (AvgIpc) is 2.48. The van der Waals surface area contributed by atoms with Crippen molar-refractivity contribution < 1.29 is 9.90 Å². The van der Waals surface area contributed by atoms with E-state index >= 15 is 0 Å². The van der Waals surface area contributed by atoms with Gasteiger partial charge in [-0.1, -0.05) is 48.5 Å². The SMILES string of the molecule is C[C@@H](NC(=O)Nc1ccccc1)[C@@H](O)c1ccccc1. The van der Waals surface area contributed by atoms with Gasteiger partial charge in [-0.15, -0.1) is 0 Å². The Bertz CT molecular complexity index is 543. The van der Waals surface area contributed by atoms with E-state index in [1.165, 1.54) is 0 Å². The molecule has 104 valence electrons. The lowest BCUT2D eigenvalue weighted by molar-refractivity contribution is 0.139. The van der Waals surface area contributed by atoms with Crippen molar-refractivity contribution in [1.82, 2.24) is 5.32 Å². The highest BCUT2D eigenvalue weighted by Gasteiger charge is 2.17. The van der Waals surface area contributed by atoms with Crippen molar-refractivity contribution in [3.8, 4) is 0 Å². The second-order valence-corrected chi connectivity index (χ2v) is 4.61. The van der Waals surface area contributed by atoms with Crippen molar-refractivity contribution in [2.45, 2.75) is 19.1 Å². The van der Waals surface area contributed by atoms with E-state index in [1.807, 2.05) is 48.5 Å². The zero-order valence-electron chi connectivity index (χ0n) is 11.3. The molecule has 2 amide bonds. The summed E-state index contributed by atoms with van der Waals surface area (Å²) in [6, 6.07) is 17.7. The number of hydrogen-bond donors (Lipinski definition) is 3. The summed E-state index contributed by atoms with van der Waals surface area (Å²) in [6.45, 7) is 1.77. The largest absolute Gasteiger partial charge is 0.386 e. The number of para-hydroxylation sites is 1. The van der Waals surface area contributed by atoms with Crippen LogP contribution in [0.15, 0.2) is 60.7 Å². The highest BCUT2D eigenvalue weighted by molar-refractivity contribution is 5.89. The van der Waals surface area contributed by atoms with Gasteiger partial charge in [0, 0.05) is 5.69 Å². The Balaban J connectivity index is 1.91. The number of urea groups is 1. The van der Waals surface area contributed by atoms with Gasteiger partial charge >= 0.3 is 6.03 Å². The molecule has 0 radical (unpaired) electrons. The minimum atomic E-state index is -0.738. The van der Waals surface area contributed by atoms with Gasteiger partial charge in [-0.05, 0) is 24.6 Å². The van der Waals surface area contributed by atoms with Crippen molar-refractivity contribution in [2.75, 3.05) is 5.32 Å². The molecule has 0 unspecified atom stereocenters. The van der Waals surface area contributed by atoms with Gasteiger partial charge in [0.25, 0.3) is 0 Å². The van der Waals surface area contributed by atoms with E-state index in [9.17, 15) is 9.90 Å². The van der Waals surface area contributed by atoms with E-state index in [1.54, 1.807) is 19.1 Å². The molecular weight excluding hydrogens is 252 g/mol. The van der Waals surface area contributed by atoms with Crippen LogP contribution in [0.3, 0.4) is 0 Å². The minimum absolute atomic E-state index is 0.335. The summed E-state index contributed by atoms with van der Waals surface area (Å²) in [7, 11) is 0. The number of rotatable bonds is 4. The van der Waals surface area contributed by atoms with Crippen molar-refractivity contribution >= 4 is 11.7 Å². The molecular formula is C16H18N2O2. The van der Waals surface area contributed by atoms with Crippen LogP contribution in [-0.4, -0.2) is 17.2 Å². The third-order valence-corrected chi connectivity index (χ3v) is 3.01. The fourth-order valence-corrected chi connectivity index (χ4v) is 1.91. The summed E-state index contributed by atoms with van der Waals surface area (Å²) >= 11 is 0. The Morgan fingerprint density at radius 2 is 1.55 bits per heavy atom. The molecule has 20 heavy (non-hydrogen) atoms. The summed E-state index contributed by atoms with van der Waals surface area (Å²) in [4.78, 5) is 11.8. The second kappa shape index (κ2) is 6.73. The quantitative estimate of drug-likeness (QED) is 0.800. The van der Waals surface area contributed by atoms with Gasteiger partial charge in [-0.3, -0.25) is 0 Å². The predicted octanol–water partition coefficient (Wildman–Crippen LogP) is 2.93. The van der Waals surface area contributed by atoms with Crippen LogP contribution < -0.4 is 10.6 Å². The Hall–Kier alpha value is -2.33. The van der Waals surface area contributed by atoms with Crippen LogP contribution in [0.4, 0.5) is 10.5 Å². The number of carbonyl (C=O) groups is 1. The van der Waals surface area contributed by atoms with Gasteiger partial charge in [0.1, 0.15) is 0 Å². The molecule has 2 rings (SSSR count). The summed E-state index contributed by atoms with van der Waals surface area (Å²) in [5, 5.41) is 15.6. The van der Waals surface area contributed by atoms with E-state index in [0.717, 1.165) is 5.56 Å². The van der Waals surface area contributed by atoms with Crippen LogP contribution >= 0.6 is 0 Å². The number of benzene rings is 2. The monoisotopic (exact) mass is 270 g/mol. The van der Waals surface area contributed by atoms with E-state index < -0.39 is 6.10 Å². The number of nitrogens with one attached hydrogen (secondary N) is 2. The first-order valence-corrected chi connectivity index (χ1v) is 6.52. The van der Waals surface area contributed by atoms with Gasteiger partial charge in [-0.25, -0.2) is 4.79 Å². The maximum atomic E-state index is 11.8. The van der Waals surface area contributed by atoms with Crippen LogP contribution in [0.1, 0.15) is 18.6 Å². The van der Waals surface area contributed by atoms with E-state index in [2.05, 4.69) is 10.6 Å². The molecule has 2 aromatic rings. The van der Waals surface area contributed by atoms with E-state index in [-0.39, 0.29) is 12.1 Å². The molecule has 0 saturated heterocycles. The number of amides is 2. The van der Waals surface area contributed by atoms with E-state index in [0.29, 0.717) is 5.69 Å². The van der Waals surface area contributed by atoms with Crippen LogP contribution in [0.25, 0.3) is 0 Å². The molecule has 0 aliphatic carbocycles. The smallest absolute Gasteiger partial charge is 0.319 e. The Morgan fingerprint density at radius 3 is 2.15 bits per heavy atom. The molecule has 0 fully saturated rings. The first-order valence-electron chi connectivity index (χ1n) is 6.52. The second-order valence-electron chi connectivity index (χ2n) is 4.61. The third kappa shape index (κ3) is 3.83. The third-order valence-electron chi connectivity index (χ3n) is 3.01. The number of anilines is 1. The first kappa shape index (κ1) is 14.1. The lowest BCUT2D eigenvalue weighted by atomic mass is 10.0. The molecule has 2 aromatic carbocycles. The molecule has 2 atom stereocenters. The average molecular weight is 270 g/mol. The maximum Gasteiger partial charge on any atom is 0.319 e. The maximum absolute atomic E-state index is 11.8. The fourth-order valence-electron chi connectivity index (χ4n) is 1.91. The molecule has 0 bridgehead atoms. The molecule has 4 heteroatoms. The molecule has 0 heterocycles. The molecule has 0 saturated carbocycles. The standard InChI is InChI=1S/C16H18N2O2/c1-12(15(19)13-8-4-2-5-9-13)17-16(20)18-14-10-6-3-7-11-14/h2-12,15,19H,1H3,(H2,17,18,20)/t12-,15-/m1/s1. The fraction of sp³-hybridized carbons (Fsp3) is 0.188. The highest BCUT2D eigenvalue weighted by Crippen LogP contribution is 2.16. The normalized spacial score (nSPS) is 13.3. The lowest BCUT2D eigenvalue weighted by Crippen LogP contribution is -2.39.